The molecule has 134 valence electrons. The number of aromatic nitrogens is 1. The van der Waals surface area contributed by atoms with Gasteiger partial charge in [0, 0.05) is 25.7 Å². The lowest BCUT2D eigenvalue weighted by molar-refractivity contribution is -0.142. The molecule has 0 aliphatic heterocycles. The number of carbonyl (C=O) groups is 2. The van der Waals surface area contributed by atoms with E-state index in [1.807, 2.05) is 48.5 Å². The smallest absolute Gasteiger partial charge is 0.263 e. The highest BCUT2D eigenvalue weighted by atomic mass is 16.3. The van der Waals surface area contributed by atoms with Crippen LogP contribution in [0.2, 0.25) is 0 Å². The van der Waals surface area contributed by atoms with Crippen molar-refractivity contribution in [3.05, 3.63) is 60.8 Å². The number of nitrogens with zero attached hydrogens (tertiary/aromatic N) is 2. The number of hydrogen-bond donors (Lipinski definition) is 2. The summed E-state index contributed by atoms with van der Waals surface area (Å²) in [6.07, 6.45) is -2.13. The second-order valence-corrected chi connectivity index (χ2v) is 6.29. The van der Waals surface area contributed by atoms with E-state index >= 15 is 0 Å². The predicted molar refractivity (Wildman–Crippen MR) is 98.7 cm³/mol. The van der Waals surface area contributed by atoms with Gasteiger partial charge in [-0.25, -0.2) is 0 Å². The van der Waals surface area contributed by atoms with Crippen LogP contribution in [0.15, 0.2) is 60.8 Å². The molecule has 1 heterocycles. The fraction of sp³-hybridized carbons (Fsp3) is 0.200. The maximum Gasteiger partial charge on any atom is 0.263 e. The zero-order valence-corrected chi connectivity index (χ0v) is 14.5. The first-order chi connectivity index (χ1) is 12.4. The van der Waals surface area contributed by atoms with Crippen LogP contribution in [-0.2, 0) is 4.79 Å². The summed E-state index contributed by atoms with van der Waals surface area (Å²) >= 11 is 0. The van der Waals surface area contributed by atoms with Crippen molar-refractivity contribution in [1.82, 2.24) is 9.47 Å². The number of hydrogen-bond acceptors (Lipinski definition) is 4. The zero-order chi connectivity index (χ0) is 18.8. The molecular formula is C20H20N2O4. The summed E-state index contributed by atoms with van der Waals surface area (Å²) in [5, 5.41) is 20.9. The molecule has 0 aliphatic rings. The van der Waals surface area contributed by atoms with Crippen LogP contribution in [0.4, 0.5) is 0 Å². The topological polar surface area (TPSA) is 82.8 Å². The summed E-state index contributed by atoms with van der Waals surface area (Å²) in [6.45, 7) is 0. The van der Waals surface area contributed by atoms with Gasteiger partial charge in [0.05, 0.1) is 5.52 Å². The molecule has 0 fully saturated rings. The van der Waals surface area contributed by atoms with Crippen LogP contribution in [0.5, 0.6) is 0 Å². The van der Waals surface area contributed by atoms with E-state index < -0.39 is 24.0 Å². The molecule has 6 heteroatoms. The molecule has 3 aromatic rings. The molecule has 2 N–H and O–H groups in total. The summed E-state index contributed by atoms with van der Waals surface area (Å²) in [7, 11) is 2.89. The first-order valence-electron chi connectivity index (χ1n) is 8.18. The van der Waals surface area contributed by atoms with Crippen LogP contribution < -0.4 is 0 Å². The number of aliphatic hydroxyl groups excluding tert-OH is 2. The molecule has 26 heavy (non-hydrogen) atoms. The molecule has 0 spiro atoms. The van der Waals surface area contributed by atoms with Crippen LogP contribution in [0, 0.1) is 0 Å². The summed E-state index contributed by atoms with van der Waals surface area (Å²) < 4.78 is 1.26. The van der Waals surface area contributed by atoms with E-state index in [4.69, 9.17) is 0 Å². The third-order valence-electron chi connectivity index (χ3n) is 4.28. The second kappa shape index (κ2) is 7.11. The van der Waals surface area contributed by atoms with Gasteiger partial charge >= 0.3 is 0 Å². The molecule has 2 aromatic carbocycles. The molecule has 1 amide bonds. The molecule has 3 rings (SSSR count). The maximum absolute atomic E-state index is 12.6. The first-order valence-corrected chi connectivity index (χ1v) is 8.18. The fourth-order valence-corrected chi connectivity index (χ4v) is 2.81. The molecule has 0 unspecified atom stereocenters. The van der Waals surface area contributed by atoms with Gasteiger partial charge < -0.3 is 15.1 Å². The molecule has 6 nitrogen and oxygen atoms in total. The summed E-state index contributed by atoms with van der Waals surface area (Å²) in [5.41, 5.74) is 2.52. The number of carbonyl (C=O) groups excluding carboxylic acids is 2. The van der Waals surface area contributed by atoms with E-state index in [2.05, 4.69) is 0 Å². The van der Waals surface area contributed by atoms with Gasteiger partial charge in [0.25, 0.3) is 11.8 Å². The Labute approximate surface area is 150 Å². The third kappa shape index (κ3) is 3.24. The van der Waals surface area contributed by atoms with Crippen LogP contribution in [-0.4, -0.2) is 57.8 Å². The van der Waals surface area contributed by atoms with E-state index in [1.54, 1.807) is 6.07 Å². The molecule has 0 saturated carbocycles. The van der Waals surface area contributed by atoms with Crippen LogP contribution in [0.25, 0.3) is 22.0 Å². The Kier molecular flexibility index (Phi) is 4.88. The Morgan fingerprint density at radius 1 is 0.923 bits per heavy atom. The minimum Gasteiger partial charge on any atom is -0.380 e. The highest BCUT2D eigenvalue weighted by Gasteiger charge is 2.32. The van der Waals surface area contributed by atoms with Crippen molar-refractivity contribution in [3.8, 4) is 11.1 Å². The fourth-order valence-electron chi connectivity index (χ4n) is 2.81. The van der Waals surface area contributed by atoms with Gasteiger partial charge in [-0.3, -0.25) is 14.2 Å². The number of likely N-dealkylation sites (N-methyl/N-ethyl adjacent to an activating group) is 1. The molecule has 1 aromatic heterocycles. The van der Waals surface area contributed by atoms with E-state index in [0.717, 1.165) is 21.4 Å². The van der Waals surface area contributed by atoms with Crippen LogP contribution >= 0.6 is 0 Å². The van der Waals surface area contributed by atoms with Gasteiger partial charge in [-0.15, -0.1) is 0 Å². The van der Waals surface area contributed by atoms with Crippen LogP contribution in [0.3, 0.4) is 0 Å². The summed E-state index contributed by atoms with van der Waals surface area (Å²) in [6, 6.07) is 17.1. The lowest BCUT2D eigenvalue weighted by atomic mass is 10.0. The summed E-state index contributed by atoms with van der Waals surface area (Å²) in [5.74, 6) is -1.49. The first kappa shape index (κ1) is 17.8. The van der Waals surface area contributed by atoms with Crippen LogP contribution in [0.1, 0.15) is 4.79 Å². The largest absolute Gasteiger partial charge is 0.380 e. The number of amides is 1. The van der Waals surface area contributed by atoms with E-state index in [9.17, 15) is 19.8 Å². The standard InChI is InChI=1S/C20H20N2O4/c1-21(2)19(25)17(23)18(24)20(26)22-11-10-14-8-9-15(12-16(14)22)13-6-4-3-5-7-13/h3-12,17-18,23-24H,1-2H3/t17-,18-/m1/s1. The van der Waals surface area contributed by atoms with Crippen molar-refractivity contribution in [2.75, 3.05) is 14.1 Å². The SMILES string of the molecule is CN(C)C(=O)[C@H](O)[C@@H](O)C(=O)n1ccc2ccc(-c3ccccc3)cc21. The molecule has 0 saturated heterocycles. The van der Waals surface area contributed by atoms with Crippen molar-refractivity contribution in [1.29, 1.82) is 0 Å². The number of fused-ring (bicyclic) bond motifs is 1. The van der Waals surface area contributed by atoms with Gasteiger partial charge in [0.2, 0.25) is 0 Å². The quantitative estimate of drug-likeness (QED) is 0.750. The van der Waals surface area contributed by atoms with Gasteiger partial charge in [0.15, 0.2) is 12.2 Å². The van der Waals surface area contributed by atoms with Crippen molar-refractivity contribution < 1.29 is 19.8 Å². The Morgan fingerprint density at radius 2 is 1.62 bits per heavy atom. The van der Waals surface area contributed by atoms with Crippen molar-refractivity contribution in [2.45, 2.75) is 12.2 Å². The maximum atomic E-state index is 12.6. The minimum atomic E-state index is -1.85. The second-order valence-electron chi connectivity index (χ2n) is 6.29. The van der Waals surface area contributed by atoms with Gasteiger partial charge in [-0.2, -0.15) is 0 Å². The lowest BCUT2D eigenvalue weighted by Crippen LogP contribution is -2.46. The molecule has 2 atom stereocenters. The van der Waals surface area contributed by atoms with E-state index in [-0.39, 0.29) is 0 Å². The monoisotopic (exact) mass is 352 g/mol. The molecule has 0 bridgehead atoms. The Hall–Kier alpha value is -2.96. The van der Waals surface area contributed by atoms with E-state index in [1.165, 1.54) is 24.9 Å². The number of benzene rings is 2. The number of rotatable bonds is 4. The molecular weight excluding hydrogens is 332 g/mol. The normalized spacial score (nSPS) is 13.4. The minimum absolute atomic E-state index is 0.597. The Balaban J connectivity index is 1.97. The van der Waals surface area contributed by atoms with Crippen molar-refractivity contribution >= 4 is 22.7 Å². The highest BCUT2D eigenvalue weighted by molar-refractivity contribution is 5.98. The summed E-state index contributed by atoms with van der Waals surface area (Å²) in [4.78, 5) is 25.6. The Morgan fingerprint density at radius 3 is 2.27 bits per heavy atom. The molecule has 0 aliphatic carbocycles. The number of aliphatic hydroxyl groups is 2. The predicted octanol–water partition coefficient (Wildman–Crippen LogP) is 1.76. The average molecular weight is 352 g/mol. The zero-order valence-electron chi connectivity index (χ0n) is 14.5. The Bertz CT molecular complexity index is 947. The molecule has 0 radical (unpaired) electrons. The van der Waals surface area contributed by atoms with E-state index in [0.29, 0.717) is 5.52 Å². The van der Waals surface area contributed by atoms with Gasteiger partial charge in [-0.1, -0.05) is 42.5 Å². The van der Waals surface area contributed by atoms with Gasteiger partial charge in [-0.05, 0) is 23.3 Å². The van der Waals surface area contributed by atoms with Crippen molar-refractivity contribution in [3.63, 3.8) is 0 Å². The lowest BCUT2D eigenvalue weighted by Gasteiger charge is -2.20. The van der Waals surface area contributed by atoms with Crippen molar-refractivity contribution in [2.24, 2.45) is 0 Å². The van der Waals surface area contributed by atoms with Gasteiger partial charge in [0.1, 0.15) is 0 Å². The average Bonchev–Trinajstić information content (AvgIpc) is 3.09. The third-order valence-corrected chi connectivity index (χ3v) is 4.28. The highest BCUT2D eigenvalue weighted by Crippen LogP contribution is 2.25.